The molecule has 1 N–H and O–H groups in total. The first kappa shape index (κ1) is 19.0. The molecule has 2 aromatic rings. The SMILES string of the molecule is CS(=O)(=O)c1ccc(-c2cccc(S(=O)(=O)NCC3CCCO3)c2)cc1. The second kappa shape index (κ2) is 7.48. The van der Waals surface area contributed by atoms with Gasteiger partial charge < -0.3 is 4.74 Å². The van der Waals surface area contributed by atoms with Crippen molar-refractivity contribution >= 4 is 19.9 Å². The van der Waals surface area contributed by atoms with Gasteiger partial charge in [0.15, 0.2) is 9.84 Å². The van der Waals surface area contributed by atoms with Crippen molar-refractivity contribution in [2.75, 3.05) is 19.4 Å². The summed E-state index contributed by atoms with van der Waals surface area (Å²) in [5, 5.41) is 0. The Morgan fingerprint density at radius 3 is 2.35 bits per heavy atom. The molecule has 140 valence electrons. The molecule has 1 unspecified atom stereocenters. The summed E-state index contributed by atoms with van der Waals surface area (Å²) in [5.41, 5.74) is 1.44. The van der Waals surface area contributed by atoms with Crippen LogP contribution in [0.3, 0.4) is 0 Å². The fourth-order valence-electron chi connectivity index (χ4n) is 2.83. The number of nitrogens with one attached hydrogen (secondary N) is 1. The normalized spacial score (nSPS) is 18.1. The lowest BCUT2D eigenvalue weighted by atomic mass is 10.1. The monoisotopic (exact) mass is 395 g/mol. The van der Waals surface area contributed by atoms with Crippen LogP contribution in [0.4, 0.5) is 0 Å². The van der Waals surface area contributed by atoms with E-state index in [0.717, 1.165) is 24.7 Å². The highest BCUT2D eigenvalue weighted by atomic mass is 32.2. The first-order chi connectivity index (χ1) is 12.3. The number of hydrogen-bond donors (Lipinski definition) is 1. The molecule has 1 aliphatic heterocycles. The second-order valence-electron chi connectivity index (χ2n) is 6.31. The molecular weight excluding hydrogens is 374 g/mol. The molecule has 1 atom stereocenters. The highest BCUT2D eigenvalue weighted by Gasteiger charge is 2.20. The van der Waals surface area contributed by atoms with E-state index in [9.17, 15) is 16.8 Å². The van der Waals surface area contributed by atoms with E-state index in [0.29, 0.717) is 12.2 Å². The van der Waals surface area contributed by atoms with Crippen molar-refractivity contribution in [2.45, 2.75) is 28.7 Å². The summed E-state index contributed by atoms with van der Waals surface area (Å²) in [7, 11) is -6.90. The Bertz CT molecular complexity index is 976. The van der Waals surface area contributed by atoms with Gasteiger partial charge >= 0.3 is 0 Å². The Hall–Kier alpha value is -1.74. The molecule has 3 rings (SSSR count). The highest BCUT2D eigenvalue weighted by molar-refractivity contribution is 7.90. The van der Waals surface area contributed by atoms with Crippen LogP contribution in [0.15, 0.2) is 58.3 Å². The Morgan fingerprint density at radius 2 is 1.73 bits per heavy atom. The third kappa shape index (κ3) is 4.50. The topological polar surface area (TPSA) is 89.5 Å². The first-order valence-corrected chi connectivity index (χ1v) is 11.6. The fraction of sp³-hybridized carbons (Fsp3) is 0.333. The Labute approximate surface area is 154 Å². The van der Waals surface area contributed by atoms with E-state index < -0.39 is 19.9 Å². The predicted octanol–water partition coefficient (Wildman–Crippen LogP) is 2.21. The maximum atomic E-state index is 12.5. The lowest BCUT2D eigenvalue weighted by Crippen LogP contribution is -2.31. The van der Waals surface area contributed by atoms with Crippen molar-refractivity contribution in [1.82, 2.24) is 4.72 Å². The van der Waals surface area contributed by atoms with Crippen LogP contribution >= 0.6 is 0 Å². The average molecular weight is 396 g/mol. The Balaban J connectivity index is 1.81. The molecular formula is C18H21NO5S2. The van der Waals surface area contributed by atoms with Gasteiger partial charge in [-0.1, -0.05) is 24.3 Å². The van der Waals surface area contributed by atoms with Gasteiger partial charge in [0, 0.05) is 19.4 Å². The van der Waals surface area contributed by atoms with Crippen LogP contribution < -0.4 is 4.72 Å². The summed E-state index contributed by atoms with van der Waals surface area (Å²) in [6.07, 6.45) is 2.88. The average Bonchev–Trinajstić information content (AvgIpc) is 3.13. The predicted molar refractivity (Wildman–Crippen MR) is 99.2 cm³/mol. The van der Waals surface area contributed by atoms with Gasteiger partial charge in [-0.3, -0.25) is 0 Å². The molecule has 0 amide bonds. The van der Waals surface area contributed by atoms with E-state index in [1.807, 2.05) is 0 Å². The zero-order valence-corrected chi connectivity index (χ0v) is 16.0. The molecule has 0 aliphatic carbocycles. The number of sulfonamides is 1. The maximum absolute atomic E-state index is 12.5. The molecule has 1 heterocycles. The molecule has 0 aromatic heterocycles. The standard InChI is InChI=1S/C18H21NO5S2/c1-25(20,21)17-9-7-14(8-10-17)15-4-2-6-18(12-15)26(22,23)19-13-16-5-3-11-24-16/h2,4,6-10,12,16,19H,3,5,11,13H2,1H3. The number of ether oxygens (including phenoxy) is 1. The highest BCUT2D eigenvalue weighted by Crippen LogP contribution is 2.24. The quantitative estimate of drug-likeness (QED) is 0.810. The minimum atomic E-state index is -3.64. The van der Waals surface area contributed by atoms with E-state index in [2.05, 4.69) is 4.72 Å². The largest absolute Gasteiger partial charge is 0.377 e. The van der Waals surface area contributed by atoms with Gasteiger partial charge in [0.25, 0.3) is 0 Å². The molecule has 0 spiro atoms. The first-order valence-electron chi connectivity index (χ1n) is 8.27. The third-order valence-electron chi connectivity index (χ3n) is 4.29. The summed E-state index contributed by atoms with van der Waals surface area (Å²) in [5.74, 6) is 0. The van der Waals surface area contributed by atoms with Crippen LogP contribution in [0.25, 0.3) is 11.1 Å². The molecule has 8 heteroatoms. The molecule has 26 heavy (non-hydrogen) atoms. The van der Waals surface area contributed by atoms with Crippen LogP contribution in [0.1, 0.15) is 12.8 Å². The molecule has 1 saturated heterocycles. The van der Waals surface area contributed by atoms with Crippen molar-refractivity contribution in [2.24, 2.45) is 0 Å². The van der Waals surface area contributed by atoms with Crippen molar-refractivity contribution in [3.63, 3.8) is 0 Å². The van der Waals surface area contributed by atoms with Crippen molar-refractivity contribution in [3.05, 3.63) is 48.5 Å². The molecule has 0 bridgehead atoms. The minimum Gasteiger partial charge on any atom is -0.377 e. The van der Waals surface area contributed by atoms with E-state index in [4.69, 9.17) is 4.74 Å². The third-order valence-corrected chi connectivity index (χ3v) is 6.83. The summed E-state index contributed by atoms with van der Waals surface area (Å²) >= 11 is 0. The van der Waals surface area contributed by atoms with Crippen LogP contribution in [0.5, 0.6) is 0 Å². The van der Waals surface area contributed by atoms with Crippen molar-refractivity contribution in [3.8, 4) is 11.1 Å². The second-order valence-corrected chi connectivity index (χ2v) is 10.1. The van der Waals surface area contributed by atoms with E-state index in [1.54, 1.807) is 30.3 Å². The maximum Gasteiger partial charge on any atom is 0.240 e. The van der Waals surface area contributed by atoms with Gasteiger partial charge in [-0.15, -0.1) is 0 Å². The molecule has 6 nitrogen and oxygen atoms in total. The number of hydrogen-bond acceptors (Lipinski definition) is 5. The summed E-state index contributed by atoms with van der Waals surface area (Å²) in [4.78, 5) is 0.392. The van der Waals surface area contributed by atoms with Gasteiger partial charge in [-0.05, 0) is 48.2 Å². The zero-order chi connectivity index (χ0) is 18.8. The van der Waals surface area contributed by atoms with Gasteiger partial charge in [0.05, 0.1) is 15.9 Å². The summed E-state index contributed by atoms with van der Waals surface area (Å²) in [6.45, 7) is 0.932. The molecule has 2 aromatic carbocycles. The number of sulfone groups is 1. The van der Waals surface area contributed by atoms with E-state index in [1.165, 1.54) is 18.2 Å². The van der Waals surface area contributed by atoms with Crippen LogP contribution in [-0.4, -0.2) is 42.3 Å². The van der Waals surface area contributed by atoms with E-state index >= 15 is 0 Å². The van der Waals surface area contributed by atoms with Gasteiger partial charge in [0.1, 0.15) is 0 Å². The number of benzene rings is 2. The summed E-state index contributed by atoms with van der Waals surface area (Å²) in [6, 6.07) is 12.9. The lowest BCUT2D eigenvalue weighted by Gasteiger charge is -2.12. The smallest absolute Gasteiger partial charge is 0.240 e. The van der Waals surface area contributed by atoms with E-state index in [-0.39, 0.29) is 22.4 Å². The van der Waals surface area contributed by atoms with Crippen molar-refractivity contribution in [1.29, 1.82) is 0 Å². The van der Waals surface area contributed by atoms with Crippen LogP contribution in [0, 0.1) is 0 Å². The van der Waals surface area contributed by atoms with Gasteiger partial charge in [0.2, 0.25) is 10.0 Å². The summed E-state index contributed by atoms with van der Waals surface area (Å²) < 4.78 is 56.2. The van der Waals surface area contributed by atoms with Crippen molar-refractivity contribution < 1.29 is 21.6 Å². The Kier molecular flexibility index (Phi) is 5.47. The molecule has 0 saturated carbocycles. The fourth-order valence-corrected chi connectivity index (χ4v) is 4.57. The lowest BCUT2D eigenvalue weighted by molar-refractivity contribution is 0.114. The Morgan fingerprint density at radius 1 is 1.00 bits per heavy atom. The molecule has 0 radical (unpaired) electrons. The molecule has 1 aliphatic rings. The van der Waals surface area contributed by atoms with Gasteiger partial charge in [-0.2, -0.15) is 0 Å². The number of rotatable bonds is 6. The van der Waals surface area contributed by atoms with Crippen LogP contribution in [0.2, 0.25) is 0 Å². The van der Waals surface area contributed by atoms with Crippen LogP contribution in [-0.2, 0) is 24.6 Å². The zero-order valence-electron chi connectivity index (χ0n) is 14.4. The van der Waals surface area contributed by atoms with Gasteiger partial charge in [-0.25, -0.2) is 21.6 Å². The molecule has 1 fully saturated rings. The minimum absolute atomic E-state index is 0.0727.